The van der Waals surface area contributed by atoms with Crippen molar-refractivity contribution in [2.75, 3.05) is 4.90 Å². The highest BCUT2D eigenvalue weighted by atomic mass is 16.6. The second-order valence-corrected chi connectivity index (χ2v) is 5.47. The summed E-state index contributed by atoms with van der Waals surface area (Å²) in [6.07, 6.45) is -0.337. The predicted octanol–water partition coefficient (Wildman–Crippen LogP) is 2.82. The zero-order valence-electron chi connectivity index (χ0n) is 11.1. The van der Waals surface area contributed by atoms with Gasteiger partial charge in [-0.2, -0.15) is 0 Å². The average molecular weight is 247 g/mol. The molecule has 1 aromatic carbocycles. The van der Waals surface area contributed by atoms with Gasteiger partial charge >= 0.3 is 6.09 Å². The molecule has 0 radical (unpaired) electrons. The van der Waals surface area contributed by atoms with Gasteiger partial charge in [0.25, 0.3) is 0 Å². The van der Waals surface area contributed by atoms with Crippen LogP contribution >= 0.6 is 0 Å². The number of aryl methyl sites for hydroxylation is 1. The number of ether oxygens (including phenoxy) is 1. The molecule has 0 saturated heterocycles. The van der Waals surface area contributed by atoms with Crippen molar-refractivity contribution in [3.05, 3.63) is 29.3 Å². The molecular weight excluding hydrogens is 230 g/mol. The molecule has 0 fully saturated rings. The highest BCUT2D eigenvalue weighted by Crippen LogP contribution is 2.33. The smallest absolute Gasteiger partial charge is 0.421 e. The fourth-order valence-electron chi connectivity index (χ4n) is 2.05. The molecule has 1 heterocycles. The summed E-state index contributed by atoms with van der Waals surface area (Å²) in [4.78, 5) is 25.2. The monoisotopic (exact) mass is 247 g/mol. The normalized spacial score (nSPS) is 14.7. The first-order valence-corrected chi connectivity index (χ1v) is 5.94. The third kappa shape index (κ3) is 2.23. The van der Waals surface area contributed by atoms with E-state index in [1.54, 1.807) is 20.8 Å². The van der Waals surface area contributed by atoms with E-state index in [4.69, 9.17) is 4.74 Å². The quantitative estimate of drug-likeness (QED) is 0.708. The Morgan fingerprint density at radius 1 is 1.33 bits per heavy atom. The topological polar surface area (TPSA) is 46.6 Å². The van der Waals surface area contributed by atoms with E-state index in [9.17, 15) is 9.59 Å². The Morgan fingerprint density at radius 3 is 2.61 bits per heavy atom. The molecule has 1 aliphatic heterocycles. The lowest BCUT2D eigenvalue weighted by atomic mass is 10.1. The van der Waals surface area contributed by atoms with Gasteiger partial charge in [0, 0.05) is 0 Å². The van der Waals surface area contributed by atoms with E-state index < -0.39 is 11.7 Å². The molecule has 0 spiro atoms. The minimum atomic E-state index is -0.608. The number of carbonyl (C=O) groups is 2. The van der Waals surface area contributed by atoms with Gasteiger partial charge in [-0.25, -0.2) is 9.69 Å². The Morgan fingerprint density at radius 2 is 2.00 bits per heavy atom. The zero-order valence-corrected chi connectivity index (χ0v) is 11.1. The summed E-state index contributed by atoms with van der Waals surface area (Å²) in [6, 6.07) is 5.64. The van der Waals surface area contributed by atoms with Crippen LogP contribution in [0.1, 0.15) is 31.9 Å². The van der Waals surface area contributed by atoms with E-state index in [2.05, 4.69) is 0 Å². The molecule has 0 unspecified atom stereocenters. The van der Waals surface area contributed by atoms with Crippen LogP contribution in [-0.4, -0.2) is 17.6 Å². The summed E-state index contributed by atoms with van der Waals surface area (Å²) in [6.45, 7) is 7.23. The van der Waals surface area contributed by atoms with Crippen molar-refractivity contribution in [2.24, 2.45) is 0 Å². The maximum absolute atomic E-state index is 12.1. The molecule has 1 aliphatic rings. The number of benzene rings is 1. The summed E-state index contributed by atoms with van der Waals surface area (Å²) in [5.41, 5.74) is 1.86. The minimum absolute atomic E-state index is 0.228. The van der Waals surface area contributed by atoms with E-state index in [-0.39, 0.29) is 12.3 Å². The number of hydrogen-bond donors (Lipinski definition) is 0. The number of fused-ring (bicyclic) bond motifs is 1. The van der Waals surface area contributed by atoms with E-state index >= 15 is 0 Å². The lowest BCUT2D eigenvalue weighted by Gasteiger charge is -2.24. The molecule has 0 aliphatic carbocycles. The number of anilines is 1. The first-order valence-electron chi connectivity index (χ1n) is 5.94. The van der Waals surface area contributed by atoms with Crippen molar-refractivity contribution in [3.63, 3.8) is 0 Å². The van der Waals surface area contributed by atoms with Gasteiger partial charge in [0.1, 0.15) is 5.60 Å². The van der Waals surface area contributed by atoms with Gasteiger partial charge in [-0.05, 0) is 38.8 Å². The van der Waals surface area contributed by atoms with E-state index in [0.717, 1.165) is 16.0 Å². The molecule has 0 saturated carbocycles. The predicted molar refractivity (Wildman–Crippen MR) is 68.6 cm³/mol. The van der Waals surface area contributed by atoms with Crippen molar-refractivity contribution < 1.29 is 14.3 Å². The molecule has 0 bridgehead atoms. The summed E-state index contributed by atoms with van der Waals surface area (Å²) in [5.74, 6) is -0.228. The lowest BCUT2D eigenvalue weighted by Crippen LogP contribution is -2.39. The van der Waals surface area contributed by atoms with Gasteiger partial charge in [-0.3, -0.25) is 4.79 Å². The second kappa shape index (κ2) is 4.12. The van der Waals surface area contributed by atoms with Gasteiger partial charge in [-0.15, -0.1) is 0 Å². The molecule has 18 heavy (non-hydrogen) atoms. The number of hydrogen-bond acceptors (Lipinski definition) is 3. The van der Waals surface area contributed by atoms with Gasteiger partial charge in [0.2, 0.25) is 5.91 Å². The maximum Gasteiger partial charge on any atom is 0.421 e. The molecule has 4 nitrogen and oxygen atoms in total. The van der Waals surface area contributed by atoms with Crippen molar-refractivity contribution in [2.45, 2.75) is 39.7 Å². The van der Waals surface area contributed by atoms with Crippen molar-refractivity contribution in [1.82, 2.24) is 0 Å². The Kier molecular flexibility index (Phi) is 2.89. The van der Waals surface area contributed by atoms with Crippen molar-refractivity contribution >= 4 is 17.7 Å². The zero-order chi connectivity index (χ0) is 13.5. The Bertz CT molecular complexity index is 514. The van der Waals surface area contributed by atoms with Crippen LogP contribution in [-0.2, 0) is 16.0 Å². The number of amides is 2. The van der Waals surface area contributed by atoms with E-state index in [1.165, 1.54) is 0 Å². The largest absolute Gasteiger partial charge is 0.443 e. The van der Waals surface area contributed by atoms with Crippen LogP contribution < -0.4 is 4.90 Å². The number of para-hydroxylation sites is 1. The van der Waals surface area contributed by atoms with Crippen LogP contribution in [0.25, 0.3) is 0 Å². The van der Waals surface area contributed by atoms with Crippen LogP contribution in [0, 0.1) is 6.92 Å². The van der Waals surface area contributed by atoms with Gasteiger partial charge in [0.15, 0.2) is 0 Å². The fraction of sp³-hybridized carbons (Fsp3) is 0.429. The highest BCUT2D eigenvalue weighted by molar-refractivity contribution is 6.17. The van der Waals surface area contributed by atoms with E-state index in [1.807, 2.05) is 25.1 Å². The first kappa shape index (κ1) is 12.6. The van der Waals surface area contributed by atoms with Crippen LogP contribution in [0.5, 0.6) is 0 Å². The fourth-order valence-corrected chi connectivity index (χ4v) is 2.05. The number of imide groups is 1. The van der Waals surface area contributed by atoms with Crippen molar-refractivity contribution in [1.29, 1.82) is 0 Å². The van der Waals surface area contributed by atoms with Gasteiger partial charge in [0.05, 0.1) is 12.1 Å². The van der Waals surface area contributed by atoms with Crippen LogP contribution in [0.4, 0.5) is 10.5 Å². The molecular formula is C14H17NO3. The molecule has 4 heteroatoms. The number of nitrogens with zero attached hydrogens (tertiary/aromatic N) is 1. The van der Waals surface area contributed by atoms with Gasteiger partial charge in [-0.1, -0.05) is 18.2 Å². The van der Waals surface area contributed by atoms with Crippen LogP contribution in [0.2, 0.25) is 0 Å². The summed E-state index contributed by atoms with van der Waals surface area (Å²) in [5, 5.41) is 0. The highest BCUT2D eigenvalue weighted by Gasteiger charge is 2.36. The SMILES string of the molecule is Cc1cccc2c1N(C(=O)OC(C)(C)C)C(=O)C2. The average Bonchev–Trinajstić information content (AvgIpc) is 2.53. The number of carbonyl (C=O) groups excluding carboxylic acids is 2. The summed E-state index contributed by atoms with van der Waals surface area (Å²) < 4.78 is 5.27. The molecule has 2 rings (SSSR count). The lowest BCUT2D eigenvalue weighted by molar-refractivity contribution is -0.117. The summed E-state index contributed by atoms with van der Waals surface area (Å²) in [7, 11) is 0. The summed E-state index contributed by atoms with van der Waals surface area (Å²) >= 11 is 0. The third-order valence-corrected chi connectivity index (χ3v) is 2.71. The number of rotatable bonds is 0. The molecule has 0 N–H and O–H groups in total. The van der Waals surface area contributed by atoms with Gasteiger partial charge < -0.3 is 4.74 Å². The molecule has 96 valence electrons. The van der Waals surface area contributed by atoms with Crippen LogP contribution in [0.15, 0.2) is 18.2 Å². The molecule has 2 amide bonds. The Balaban J connectivity index is 2.36. The maximum atomic E-state index is 12.1. The van der Waals surface area contributed by atoms with Crippen LogP contribution in [0.3, 0.4) is 0 Å². The van der Waals surface area contributed by atoms with E-state index in [0.29, 0.717) is 5.69 Å². The molecule has 1 aromatic rings. The Labute approximate surface area is 107 Å². The standard InChI is InChI=1S/C14H17NO3/c1-9-6-5-7-10-8-11(16)15(12(9)10)13(17)18-14(2,3)4/h5-7H,8H2,1-4H3. The second-order valence-electron chi connectivity index (χ2n) is 5.47. The van der Waals surface area contributed by atoms with Crippen molar-refractivity contribution in [3.8, 4) is 0 Å². The minimum Gasteiger partial charge on any atom is -0.443 e. The molecule has 0 atom stereocenters. The first-order chi connectivity index (χ1) is 8.29. The Hall–Kier alpha value is -1.84. The molecule has 0 aromatic heterocycles. The third-order valence-electron chi connectivity index (χ3n) is 2.71.